The Morgan fingerprint density at radius 3 is 2.35 bits per heavy atom. The van der Waals surface area contributed by atoms with Crippen molar-refractivity contribution >= 4 is 17.7 Å². The molecule has 0 bridgehead atoms. The molecule has 2 heterocycles. The van der Waals surface area contributed by atoms with Gasteiger partial charge in [-0.3, -0.25) is 10.1 Å². The highest BCUT2D eigenvalue weighted by molar-refractivity contribution is 5.89. The van der Waals surface area contributed by atoms with Gasteiger partial charge in [0, 0.05) is 18.9 Å². The summed E-state index contributed by atoms with van der Waals surface area (Å²) in [6.07, 6.45) is -1.03. The maximum atomic E-state index is 14.9. The number of ether oxygens (including phenoxy) is 2. The van der Waals surface area contributed by atoms with Gasteiger partial charge in [0.05, 0.1) is 30.1 Å². The second-order valence-electron chi connectivity index (χ2n) is 13.2. The molecular formula is C35H41F6N5O5. The van der Waals surface area contributed by atoms with Gasteiger partial charge < -0.3 is 18.8 Å². The van der Waals surface area contributed by atoms with Crippen LogP contribution in [0.3, 0.4) is 0 Å². The number of carbonyl (C=O) groups is 2. The average molecular weight is 726 g/mol. The first-order valence-corrected chi connectivity index (χ1v) is 16.4. The molecule has 1 N–H and O–H groups in total. The van der Waals surface area contributed by atoms with E-state index in [1.807, 2.05) is 0 Å². The Balaban J connectivity index is 1.87. The lowest BCUT2D eigenvalue weighted by molar-refractivity contribution is -0.289. The van der Waals surface area contributed by atoms with Gasteiger partial charge in [0.2, 0.25) is 11.5 Å². The molecule has 1 fully saturated rings. The Morgan fingerprint density at radius 1 is 1.08 bits per heavy atom. The van der Waals surface area contributed by atoms with Crippen LogP contribution < -0.4 is 5.32 Å². The summed E-state index contributed by atoms with van der Waals surface area (Å²) in [5.74, 6) is -2.55. The molecule has 278 valence electrons. The molecule has 2 amide bonds. The molecule has 0 radical (unpaired) electrons. The minimum Gasteiger partial charge on any atom is -0.444 e. The first-order valence-electron chi connectivity index (χ1n) is 16.4. The highest BCUT2D eigenvalue weighted by atomic mass is 19.4. The smallest absolute Gasteiger partial charge is 0.426 e. The van der Waals surface area contributed by atoms with Crippen LogP contribution in [0.1, 0.15) is 82.9 Å². The van der Waals surface area contributed by atoms with Crippen molar-refractivity contribution in [2.45, 2.75) is 95.8 Å². The molecule has 2 aromatic heterocycles. The number of nitrogens with zero attached hydrogens (tertiary/aromatic N) is 4. The standard InChI is InChI=1S/C35H41F6N5O5/c1-6-8-18-46(29(47)23-15-12-16-23)20-26-24(34(36,37)38)19-25(43-31(48)51-32(3,4)5)27(42-26)28-44-45-30(50-28)33(17-7-2,35(39,40)41)49-21-22-13-10-9-11-14-22/h6-7,10,13-14,19,23H,1-2,8-9,11-12,15-18,20-21H2,3-5H3,(H,43,48). The van der Waals surface area contributed by atoms with E-state index in [4.69, 9.17) is 13.9 Å². The van der Waals surface area contributed by atoms with E-state index in [2.05, 4.69) is 33.7 Å². The summed E-state index contributed by atoms with van der Waals surface area (Å²) in [5, 5.41) is 9.57. The monoisotopic (exact) mass is 725 g/mol. The third kappa shape index (κ3) is 9.65. The predicted octanol–water partition coefficient (Wildman–Crippen LogP) is 8.83. The largest absolute Gasteiger partial charge is 0.444 e. The number of anilines is 1. The number of pyridine rings is 1. The molecule has 51 heavy (non-hydrogen) atoms. The molecule has 1 saturated carbocycles. The van der Waals surface area contributed by atoms with Crippen molar-refractivity contribution in [2.75, 3.05) is 18.5 Å². The van der Waals surface area contributed by atoms with Gasteiger partial charge in [-0.2, -0.15) is 26.3 Å². The van der Waals surface area contributed by atoms with Gasteiger partial charge in [-0.15, -0.1) is 23.4 Å². The lowest BCUT2D eigenvalue weighted by Crippen LogP contribution is -2.45. The Kier molecular flexibility index (Phi) is 12.2. The third-order valence-electron chi connectivity index (χ3n) is 8.17. The highest BCUT2D eigenvalue weighted by Gasteiger charge is 2.61. The van der Waals surface area contributed by atoms with Crippen LogP contribution in [-0.4, -0.2) is 57.0 Å². The quantitative estimate of drug-likeness (QED) is 0.152. The summed E-state index contributed by atoms with van der Waals surface area (Å²) in [7, 11) is 0. The van der Waals surface area contributed by atoms with E-state index in [0.29, 0.717) is 30.9 Å². The molecule has 0 spiro atoms. The zero-order chi connectivity index (χ0) is 37.6. The SMILES string of the molecule is C=CCCN(Cc1nc(-c2nnc(C(CC=C)(OCC3=CCCC=C3)C(F)(F)F)o2)c(NC(=O)OC(C)(C)C)cc1C(F)(F)F)C(=O)C1CCC1. The van der Waals surface area contributed by atoms with Crippen LogP contribution in [0.25, 0.3) is 11.6 Å². The Bertz CT molecular complexity index is 1660. The van der Waals surface area contributed by atoms with Crippen molar-refractivity contribution in [3.63, 3.8) is 0 Å². The maximum absolute atomic E-state index is 14.9. The van der Waals surface area contributed by atoms with E-state index in [1.165, 1.54) is 31.7 Å². The van der Waals surface area contributed by atoms with Gasteiger partial charge in [-0.1, -0.05) is 36.8 Å². The number of aromatic nitrogens is 3. The Morgan fingerprint density at radius 2 is 1.80 bits per heavy atom. The van der Waals surface area contributed by atoms with Gasteiger partial charge in [0.25, 0.3) is 11.8 Å². The molecule has 0 saturated heterocycles. The van der Waals surface area contributed by atoms with Crippen molar-refractivity contribution in [1.82, 2.24) is 20.1 Å². The van der Waals surface area contributed by atoms with Gasteiger partial charge in [-0.05, 0) is 64.5 Å². The molecular weight excluding hydrogens is 684 g/mol. The van der Waals surface area contributed by atoms with Crippen LogP contribution in [0.2, 0.25) is 0 Å². The number of hydrogen-bond acceptors (Lipinski definition) is 8. The number of hydrogen-bond donors (Lipinski definition) is 1. The summed E-state index contributed by atoms with van der Waals surface area (Å²) >= 11 is 0. The molecule has 2 aliphatic carbocycles. The van der Waals surface area contributed by atoms with E-state index in [-0.39, 0.29) is 24.8 Å². The number of allylic oxidation sites excluding steroid dienone is 2. The lowest BCUT2D eigenvalue weighted by atomic mass is 9.84. The molecule has 16 heteroatoms. The van der Waals surface area contributed by atoms with Gasteiger partial charge in [-0.25, -0.2) is 9.78 Å². The van der Waals surface area contributed by atoms with E-state index in [1.54, 1.807) is 18.2 Å². The number of alkyl halides is 6. The molecule has 2 aromatic rings. The topological polar surface area (TPSA) is 120 Å². The molecule has 0 aromatic carbocycles. The Labute approximate surface area is 291 Å². The normalized spacial score (nSPS) is 16.5. The van der Waals surface area contributed by atoms with Crippen molar-refractivity contribution in [1.29, 1.82) is 0 Å². The van der Waals surface area contributed by atoms with Crippen molar-refractivity contribution in [3.8, 4) is 11.6 Å². The van der Waals surface area contributed by atoms with Gasteiger partial charge in [0.15, 0.2) is 5.69 Å². The second kappa shape index (κ2) is 15.8. The summed E-state index contributed by atoms with van der Waals surface area (Å²) in [5.41, 5.74) is -6.99. The van der Waals surface area contributed by atoms with Crippen LogP contribution in [0.15, 0.2) is 59.6 Å². The van der Waals surface area contributed by atoms with Gasteiger partial charge in [0.1, 0.15) is 5.60 Å². The summed E-state index contributed by atoms with van der Waals surface area (Å²) in [4.78, 5) is 31.5. The number of nitrogens with one attached hydrogen (secondary N) is 1. The van der Waals surface area contributed by atoms with Gasteiger partial charge >= 0.3 is 18.4 Å². The van der Waals surface area contributed by atoms with Crippen LogP contribution in [0, 0.1) is 5.92 Å². The van der Waals surface area contributed by atoms with Crippen molar-refractivity contribution in [2.24, 2.45) is 5.92 Å². The van der Waals surface area contributed by atoms with E-state index in [0.717, 1.165) is 18.9 Å². The number of amides is 2. The maximum Gasteiger partial charge on any atom is 0.426 e. The second-order valence-corrected chi connectivity index (χ2v) is 13.2. The summed E-state index contributed by atoms with van der Waals surface area (Å²) < 4.78 is 105. The minimum absolute atomic E-state index is 0.0361. The van der Waals surface area contributed by atoms with E-state index in [9.17, 15) is 35.9 Å². The first kappa shape index (κ1) is 39.3. The fourth-order valence-corrected chi connectivity index (χ4v) is 5.39. The van der Waals surface area contributed by atoms with Crippen LogP contribution in [0.4, 0.5) is 36.8 Å². The average Bonchev–Trinajstić information content (AvgIpc) is 3.49. The molecule has 2 aliphatic rings. The molecule has 1 unspecified atom stereocenters. The molecule has 4 rings (SSSR count). The zero-order valence-corrected chi connectivity index (χ0v) is 28.6. The number of halogens is 6. The number of carbonyl (C=O) groups excluding carboxylic acids is 2. The fourth-order valence-electron chi connectivity index (χ4n) is 5.39. The molecule has 10 nitrogen and oxygen atoms in total. The third-order valence-corrected chi connectivity index (χ3v) is 8.17. The van der Waals surface area contributed by atoms with E-state index >= 15 is 0 Å². The summed E-state index contributed by atoms with van der Waals surface area (Å²) in [6, 6.07) is 0.546. The van der Waals surface area contributed by atoms with Crippen molar-refractivity contribution in [3.05, 3.63) is 72.3 Å². The predicted molar refractivity (Wildman–Crippen MR) is 175 cm³/mol. The molecule has 1 atom stereocenters. The van der Waals surface area contributed by atoms with Crippen LogP contribution >= 0.6 is 0 Å². The minimum atomic E-state index is -5.13. The van der Waals surface area contributed by atoms with Crippen molar-refractivity contribution < 1.29 is 49.8 Å². The van der Waals surface area contributed by atoms with Crippen LogP contribution in [-0.2, 0) is 32.6 Å². The first-order chi connectivity index (χ1) is 23.9. The Hall–Kier alpha value is -4.47. The fraction of sp³-hybridized carbons (Fsp3) is 0.514. The lowest BCUT2D eigenvalue weighted by Gasteiger charge is -2.32. The zero-order valence-electron chi connectivity index (χ0n) is 28.6. The molecule has 0 aliphatic heterocycles. The summed E-state index contributed by atoms with van der Waals surface area (Å²) in [6.45, 7) is 10.6. The van der Waals surface area contributed by atoms with Crippen LogP contribution in [0.5, 0.6) is 0 Å². The van der Waals surface area contributed by atoms with E-state index < -0.39 is 83.6 Å². The highest BCUT2D eigenvalue weighted by Crippen LogP contribution is 2.46. The number of rotatable bonds is 14.